The molecule has 2 aliphatic rings. The van der Waals surface area contributed by atoms with Crippen LogP contribution < -0.4 is 14.7 Å². The molecule has 5 rings (SSSR count). The molecule has 1 unspecified atom stereocenters. The lowest BCUT2D eigenvalue weighted by Gasteiger charge is -2.30. The number of nitrogens with zero attached hydrogens (tertiary/aromatic N) is 1. The number of hydrogen-bond donors (Lipinski definition) is 1. The fraction of sp³-hybridized carbons (Fsp3) is 0.308. The molecule has 1 aromatic heterocycles. The molecule has 0 bridgehead atoms. The van der Waals surface area contributed by atoms with E-state index in [1.54, 1.807) is 24.3 Å². The van der Waals surface area contributed by atoms with Crippen LogP contribution in [-0.2, 0) is 9.53 Å². The molecule has 3 heterocycles. The van der Waals surface area contributed by atoms with E-state index < -0.39 is 29.3 Å². The van der Waals surface area contributed by atoms with Gasteiger partial charge in [0.1, 0.15) is 18.9 Å². The predicted molar refractivity (Wildman–Crippen MR) is 121 cm³/mol. The normalized spacial score (nSPS) is 19.1. The van der Waals surface area contributed by atoms with Gasteiger partial charge in [0.2, 0.25) is 11.7 Å². The number of ether oxygens (including phenoxy) is 2. The molecule has 1 amide bonds. The molecule has 0 spiro atoms. The first-order valence-corrected chi connectivity index (χ1v) is 11.5. The third kappa shape index (κ3) is 4.17. The van der Waals surface area contributed by atoms with Crippen LogP contribution in [0.4, 0.5) is 4.39 Å². The van der Waals surface area contributed by atoms with Gasteiger partial charge in [-0.3, -0.25) is 9.59 Å². The van der Waals surface area contributed by atoms with E-state index in [1.165, 1.54) is 41.2 Å². The summed E-state index contributed by atoms with van der Waals surface area (Å²) in [7, 11) is 1.48. The lowest BCUT2D eigenvalue weighted by molar-refractivity contribution is -0.907. The highest BCUT2D eigenvalue weighted by Crippen LogP contribution is 2.40. The minimum absolute atomic E-state index is 0.0979. The Morgan fingerprint density at radius 2 is 1.97 bits per heavy atom. The van der Waals surface area contributed by atoms with E-state index in [1.807, 2.05) is 0 Å². The Morgan fingerprint density at radius 3 is 2.71 bits per heavy atom. The van der Waals surface area contributed by atoms with Gasteiger partial charge < -0.3 is 28.8 Å². The van der Waals surface area contributed by atoms with E-state index in [0.717, 1.165) is 13.1 Å². The SMILES string of the molecule is COc1cccc2cc(C(=O)C3=C([O-])C(=O)N(CC[NH+]4CCOCC4)C3c3ccccc3F)oc12. The summed E-state index contributed by atoms with van der Waals surface area (Å²) in [5.41, 5.74) is 0.141. The van der Waals surface area contributed by atoms with E-state index in [-0.39, 0.29) is 23.4 Å². The van der Waals surface area contributed by atoms with Crippen LogP contribution in [0, 0.1) is 5.82 Å². The van der Waals surface area contributed by atoms with E-state index in [9.17, 15) is 19.1 Å². The van der Waals surface area contributed by atoms with Gasteiger partial charge >= 0.3 is 0 Å². The van der Waals surface area contributed by atoms with Crippen LogP contribution in [0.5, 0.6) is 5.75 Å². The topological polar surface area (TPSA) is 96.5 Å². The molecule has 2 aliphatic heterocycles. The van der Waals surface area contributed by atoms with Crippen molar-refractivity contribution < 1.29 is 37.9 Å². The monoisotopic (exact) mass is 480 g/mol. The number of hydrogen-bond acceptors (Lipinski definition) is 6. The van der Waals surface area contributed by atoms with Crippen LogP contribution in [0.2, 0.25) is 0 Å². The molecule has 9 heteroatoms. The fourth-order valence-corrected chi connectivity index (χ4v) is 4.75. The van der Waals surface area contributed by atoms with Gasteiger partial charge in [-0.2, -0.15) is 0 Å². The standard InChI is InChI=1S/C26H25FN2O6/c1-33-19-8-4-5-16-15-20(35-25(16)19)23(30)21-22(17-6-2-3-7-18(17)27)29(26(32)24(21)31)10-9-28-11-13-34-14-12-28/h2-8,15,22,31H,9-14H2,1H3. The van der Waals surface area contributed by atoms with Gasteiger partial charge in [0.05, 0.1) is 39.5 Å². The Bertz CT molecular complexity index is 1310. The number of quaternary nitrogens is 1. The molecule has 1 fully saturated rings. The summed E-state index contributed by atoms with van der Waals surface area (Å²) in [6.45, 7) is 3.53. The summed E-state index contributed by atoms with van der Waals surface area (Å²) >= 11 is 0. The van der Waals surface area contributed by atoms with Gasteiger partial charge in [0.25, 0.3) is 0 Å². The highest BCUT2D eigenvalue weighted by Gasteiger charge is 2.42. The van der Waals surface area contributed by atoms with Crippen LogP contribution in [0.25, 0.3) is 11.0 Å². The minimum atomic E-state index is -1.14. The largest absolute Gasteiger partial charge is 0.868 e. The van der Waals surface area contributed by atoms with Gasteiger partial charge in [0, 0.05) is 16.5 Å². The second kappa shape index (κ2) is 9.52. The van der Waals surface area contributed by atoms with Crippen molar-refractivity contribution >= 4 is 22.7 Å². The number of para-hydroxylation sites is 1. The lowest BCUT2D eigenvalue weighted by atomic mass is 9.94. The second-order valence-electron chi connectivity index (χ2n) is 8.60. The number of Topliss-reactive ketones (excluding diaryl/α,β-unsaturated/α-hetero) is 1. The number of ketones is 1. The maximum absolute atomic E-state index is 14.9. The van der Waals surface area contributed by atoms with Crippen molar-refractivity contribution in [2.24, 2.45) is 0 Å². The molecular formula is C26H25FN2O6. The van der Waals surface area contributed by atoms with Crippen molar-refractivity contribution in [3.05, 3.63) is 77.0 Å². The number of nitrogens with one attached hydrogen (secondary N) is 1. The Morgan fingerprint density at radius 1 is 1.20 bits per heavy atom. The third-order valence-corrected chi connectivity index (χ3v) is 6.59. The molecule has 2 aromatic carbocycles. The van der Waals surface area contributed by atoms with Crippen LogP contribution in [0.15, 0.2) is 64.3 Å². The van der Waals surface area contributed by atoms with Gasteiger partial charge in [-0.1, -0.05) is 30.3 Å². The van der Waals surface area contributed by atoms with Crippen molar-refractivity contribution in [3.63, 3.8) is 0 Å². The number of carbonyl (C=O) groups is 2. The zero-order valence-corrected chi connectivity index (χ0v) is 19.2. The average molecular weight is 480 g/mol. The Balaban J connectivity index is 1.53. The first kappa shape index (κ1) is 23.1. The Labute approximate surface area is 201 Å². The molecule has 35 heavy (non-hydrogen) atoms. The van der Waals surface area contributed by atoms with Crippen LogP contribution in [-0.4, -0.2) is 63.1 Å². The van der Waals surface area contributed by atoms with Crippen LogP contribution in [0.1, 0.15) is 22.2 Å². The van der Waals surface area contributed by atoms with Crippen molar-refractivity contribution in [1.82, 2.24) is 4.90 Å². The summed E-state index contributed by atoms with van der Waals surface area (Å²) in [6, 6.07) is 11.4. The molecule has 0 radical (unpaired) electrons. The number of benzene rings is 2. The van der Waals surface area contributed by atoms with E-state index in [4.69, 9.17) is 13.9 Å². The van der Waals surface area contributed by atoms with E-state index in [2.05, 4.69) is 0 Å². The zero-order valence-electron chi connectivity index (χ0n) is 19.2. The van der Waals surface area contributed by atoms with Crippen molar-refractivity contribution in [2.45, 2.75) is 6.04 Å². The second-order valence-corrected chi connectivity index (χ2v) is 8.60. The number of halogens is 1. The number of amides is 1. The van der Waals surface area contributed by atoms with Crippen molar-refractivity contribution in [3.8, 4) is 5.75 Å². The summed E-state index contributed by atoms with van der Waals surface area (Å²) in [5, 5.41) is 13.8. The number of fused-ring (bicyclic) bond motifs is 1. The first-order chi connectivity index (χ1) is 17.0. The lowest BCUT2D eigenvalue weighted by Crippen LogP contribution is -3.14. The predicted octanol–water partition coefficient (Wildman–Crippen LogP) is 0.876. The summed E-state index contributed by atoms with van der Waals surface area (Å²) < 4.78 is 31.4. The average Bonchev–Trinajstić information content (AvgIpc) is 3.42. The number of methoxy groups -OCH3 is 1. The van der Waals surface area contributed by atoms with Crippen LogP contribution >= 0.6 is 0 Å². The highest BCUT2D eigenvalue weighted by molar-refractivity contribution is 6.16. The fourth-order valence-electron chi connectivity index (χ4n) is 4.75. The molecular weight excluding hydrogens is 455 g/mol. The smallest absolute Gasteiger partial charge is 0.240 e. The molecule has 0 saturated carbocycles. The molecule has 1 saturated heterocycles. The van der Waals surface area contributed by atoms with Gasteiger partial charge in [-0.15, -0.1) is 0 Å². The molecule has 3 aromatic rings. The Hall–Kier alpha value is -3.69. The van der Waals surface area contributed by atoms with E-state index >= 15 is 0 Å². The van der Waals surface area contributed by atoms with E-state index in [0.29, 0.717) is 36.5 Å². The number of furan rings is 1. The maximum Gasteiger partial charge on any atom is 0.240 e. The minimum Gasteiger partial charge on any atom is -0.868 e. The van der Waals surface area contributed by atoms with Gasteiger partial charge in [0.15, 0.2) is 17.1 Å². The molecule has 182 valence electrons. The first-order valence-electron chi connectivity index (χ1n) is 11.5. The number of morpholine rings is 1. The van der Waals surface area contributed by atoms with Crippen molar-refractivity contribution in [1.29, 1.82) is 0 Å². The number of carbonyl (C=O) groups excluding carboxylic acids is 2. The third-order valence-electron chi connectivity index (χ3n) is 6.59. The highest BCUT2D eigenvalue weighted by atomic mass is 19.1. The molecule has 1 N–H and O–H groups in total. The Kier molecular flexibility index (Phi) is 6.27. The summed E-state index contributed by atoms with van der Waals surface area (Å²) in [5.74, 6) is -2.77. The quantitative estimate of drug-likeness (QED) is 0.505. The van der Waals surface area contributed by atoms with Gasteiger partial charge in [-0.25, -0.2) is 4.39 Å². The maximum atomic E-state index is 14.9. The summed E-state index contributed by atoms with van der Waals surface area (Å²) in [4.78, 5) is 29.2. The van der Waals surface area contributed by atoms with Crippen LogP contribution in [0.3, 0.4) is 0 Å². The number of rotatable bonds is 7. The van der Waals surface area contributed by atoms with Crippen molar-refractivity contribution in [2.75, 3.05) is 46.5 Å². The van der Waals surface area contributed by atoms with Gasteiger partial charge in [-0.05, 0) is 24.0 Å². The molecule has 8 nitrogen and oxygen atoms in total. The zero-order chi connectivity index (χ0) is 24.5. The summed E-state index contributed by atoms with van der Waals surface area (Å²) in [6.07, 6.45) is 0. The molecule has 0 aliphatic carbocycles. The molecule has 1 atom stereocenters.